The number of fused-ring (bicyclic) bond motifs is 1. The summed E-state index contributed by atoms with van der Waals surface area (Å²) in [7, 11) is 5.42. The van der Waals surface area contributed by atoms with Gasteiger partial charge in [0.2, 0.25) is 5.88 Å². The van der Waals surface area contributed by atoms with Crippen LogP contribution in [-0.2, 0) is 14.1 Å². The lowest BCUT2D eigenvalue weighted by Crippen LogP contribution is -2.28. The number of anilines is 1. The standard InChI is InChI=1S/C23H28N8O2/c1-14-9-21(27-30(4)23(14)32)33-17-7-5-16(6-8-17)31-19-10-20(24-2)25-12-18(19)22(28-31)15-11-26-29(3)13-15/h9-13,16-17H,5-8H2,1-4H3,(H,24,25). The first-order valence-electron chi connectivity index (χ1n) is 11.2. The van der Waals surface area contributed by atoms with Gasteiger partial charge in [-0.2, -0.15) is 10.2 Å². The highest BCUT2D eigenvalue weighted by molar-refractivity contribution is 5.93. The topological polar surface area (TPSA) is 105 Å². The number of rotatable bonds is 5. The summed E-state index contributed by atoms with van der Waals surface area (Å²) < 4.78 is 11.4. The van der Waals surface area contributed by atoms with E-state index in [-0.39, 0.29) is 17.7 Å². The van der Waals surface area contributed by atoms with Gasteiger partial charge >= 0.3 is 0 Å². The van der Waals surface area contributed by atoms with Gasteiger partial charge in [0, 0.05) is 62.2 Å². The Morgan fingerprint density at radius 3 is 2.55 bits per heavy atom. The molecule has 0 aliphatic heterocycles. The van der Waals surface area contributed by atoms with Crippen LogP contribution in [0.2, 0.25) is 0 Å². The van der Waals surface area contributed by atoms with Crippen molar-refractivity contribution >= 4 is 16.7 Å². The number of pyridine rings is 1. The van der Waals surface area contributed by atoms with Gasteiger partial charge < -0.3 is 10.1 Å². The van der Waals surface area contributed by atoms with Gasteiger partial charge in [-0.3, -0.25) is 14.2 Å². The van der Waals surface area contributed by atoms with Crippen LogP contribution in [0.5, 0.6) is 5.88 Å². The summed E-state index contributed by atoms with van der Waals surface area (Å²) in [4.78, 5) is 16.4. The zero-order valence-electron chi connectivity index (χ0n) is 19.3. The number of nitrogens with one attached hydrogen (secondary N) is 1. The highest BCUT2D eigenvalue weighted by Gasteiger charge is 2.27. The normalized spacial score (nSPS) is 18.5. The van der Waals surface area contributed by atoms with E-state index in [1.54, 1.807) is 24.7 Å². The van der Waals surface area contributed by atoms with Crippen molar-refractivity contribution in [1.29, 1.82) is 0 Å². The molecule has 10 heteroatoms. The average Bonchev–Trinajstić information content (AvgIpc) is 3.41. The SMILES string of the molecule is CNc1cc2c(cn1)c(-c1cnn(C)c1)nn2C1CCC(Oc2cc(C)c(=O)n(C)n2)CC1. The van der Waals surface area contributed by atoms with Crippen LogP contribution in [0.4, 0.5) is 5.82 Å². The maximum Gasteiger partial charge on any atom is 0.269 e. The molecule has 10 nitrogen and oxygen atoms in total. The Labute approximate surface area is 191 Å². The van der Waals surface area contributed by atoms with E-state index in [1.807, 2.05) is 32.7 Å². The van der Waals surface area contributed by atoms with Crippen LogP contribution in [0.1, 0.15) is 37.3 Å². The minimum atomic E-state index is -0.100. The van der Waals surface area contributed by atoms with E-state index >= 15 is 0 Å². The molecular formula is C23H28N8O2. The first-order valence-corrected chi connectivity index (χ1v) is 11.2. The number of aryl methyl sites for hydroxylation is 3. The molecule has 1 N–H and O–H groups in total. The summed E-state index contributed by atoms with van der Waals surface area (Å²) in [6.07, 6.45) is 9.43. The number of aromatic nitrogens is 7. The molecule has 1 aliphatic rings. The van der Waals surface area contributed by atoms with Crippen molar-refractivity contribution in [2.45, 2.75) is 44.8 Å². The van der Waals surface area contributed by atoms with Crippen LogP contribution in [0, 0.1) is 6.92 Å². The van der Waals surface area contributed by atoms with Crippen LogP contribution in [0.15, 0.2) is 35.5 Å². The van der Waals surface area contributed by atoms with Crippen molar-refractivity contribution < 1.29 is 4.74 Å². The third-order valence-corrected chi connectivity index (χ3v) is 6.32. The van der Waals surface area contributed by atoms with Gasteiger partial charge in [-0.1, -0.05) is 0 Å². The minimum Gasteiger partial charge on any atom is -0.473 e. The molecule has 172 valence electrons. The van der Waals surface area contributed by atoms with Crippen LogP contribution < -0.4 is 15.6 Å². The third-order valence-electron chi connectivity index (χ3n) is 6.32. The summed E-state index contributed by atoms with van der Waals surface area (Å²) in [5.41, 5.74) is 3.48. The Hall–Kier alpha value is -3.69. The number of nitrogens with zero attached hydrogens (tertiary/aromatic N) is 7. The Morgan fingerprint density at radius 2 is 1.88 bits per heavy atom. The second kappa shape index (κ2) is 8.34. The van der Waals surface area contributed by atoms with E-state index < -0.39 is 0 Å². The van der Waals surface area contributed by atoms with E-state index in [4.69, 9.17) is 9.84 Å². The molecule has 4 heterocycles. The molecule has 1 fully saturated rings. The van der Waals surface area contributed by atoms with E-state index in [2.05, 4.69) is 31.2 Å². The van der Waals surface area contributed by atoms with Crippen molar-refractivity contribution in [2.75, 3.05) is 12.4 Å². The molecule has 0 unspecified atom stereocenters. The first kappa shape index (κ1) is 21.2. The number of hydrogen-bond donors (Lipinski definition) is 1. The fourth-order valence-electron chi connectivity index (χ4n) is 4.56. The molecule has 0 saturated heterocycles. The molecule has 1 aliphatic carbocycles. The lowest BCUT2D eigenvalue weighted by Gasteiger charge is -2.29. The largest absolute Gasteiger partial charge is 0.473 e. The van der Waals surface area contributed by atoms with Crippen LogP contribution in [0.3, 0.4) is 0 Å². The third kappa shape index (κ3) is 3.96. The Balaban J connectivity index is 1.39. The van der Waals surface area contributed by atoms with E-state index in [0.717, 1.165) is 53.7 Å². The molecule has 0 radical (unpaired) electrons. The average molecular weight is 449 g/mol. The van der Waals surface area contributed by atoms with Gasteiger partial charge in [-0.15, -0.1) is 5.10 Å². The maximum absolute atomic E-state index is 11.9. The highest BCUT2D eigenvalue weighted by atomic mass is 16.5. The van der Waals surface area contributed by atoms with Crippen molar-refractivity contribution in [2.24, 2.45) is 14.1 Å². The van der Waals surface area contributed by atoms with E-state index in [0.29, 0.717) is 11.4 Å². The number of ether oxygens (including phenoxy) is 1. The fraction of sp³-hybridized carbons (Fsp3) is 0.435. The highest BCUT2D eigenvalue weighted by Crippen LogP contribution is 2.36. The van der Waals surface area contributed by atoms with Crippen molar-refractivity contribution in [3.05, 3.63) is 46.6 Å². The number of hydrogen-bond acceptors (Lipinski definition) is 7. The van der Waals surface area contributed by atoms with Crippen molar-refractivity contribution in [3.8, 4) is 17.1 Å². The molecule has 1 saturated carbocycles. The van der Waals surface area contributed by atoms with Crippen LogP contribution in [0.25, 0.3) is 22.2 Å². The van der Waals surface area contributed by atoms with Gasteiger partial charge in [0.15, 0.2) is 0 Å². The van der Waals surface area contributed by atoms with Gasteiger partial charge in [0.1, 0.15) is 17.6 Å². The smallest absolute Gasteiger partial charge is 0.269 e. The van der Waals surface area contributed by atoms with Gasteiger partial charge in [-0.05, 0) is 32.6 Å². The second-order valence-electron chi connectivity index (χ2n) is 8.68. The van der Waals surface area contributed by atoms with Gasteiger partial charge in [0.25, 0.3) is 5.56 Å². The van der Waals surface area contributed by atoms with Gasteiger partial charge in [0.05, 0.1) is 17.8 Å². The molecule has 0 bridgehead atoms. The van der Waals surface area contributed by atoms with Crippen LogP contribution in [-0.4, -0.2) is 47.5 Å². The molecule has 33 heavy (non-hydrogen) atoms. The summed E-state index contributed by atoms with van der Waals surface area (Å²) in [6, 6.07) is 4.05. The lowest BCUT2D eigenvalue weighted by molar-refractivity contribution is 0.123. The van der Waals surface area contributed by atoms with E-state index in [1.165, 1.54) is 4.68 Å². The van der Waals surface area contributed by atoms with E-state index in [9.17, 15) is 4.79 Å². The second-order valence-corrected chi connectivity index (χ2v) is 8.68. The molecular weight excluding hydrogens is 420 g/mol. The Kier molecular flexibility index (Phi) is 5.35. The fourth-order valence-corrected chi connectivity index (χ4v) is 4.56. The first-order chi connectivity index (χ1) is 15.9. The van der Waals surface area contributed by atoms with Crippen LogP contribution >= 0.6 is 0 Å². The molecule has 0 aromatic carbocycles. The lowest BCUT2D eigenvalue weighted by atomic mass is 9.93. The predicted octanol–water partition coefficient (Wildman–Crippen LogP) is 2.84. The Bertz CT molecular complexity index is 1330. The predicted molar refractivity (Wildman–Crippen MR) is 125 cm³/mol. The summed E-state index contributed by atoms with van der Waals surface area (Å²) in [5, 5.41) is 17.7. The zero-order chi connectivity index (χ0) is 23.1. The monoisotopic (exact) mass is 448 g/mol. The summed E-state index contributed by atoms with van der Waals surface area (Å²) >= 11 is 0. The quantitative estimate of drug-likeness (QED) is 0.500. The molecule has 0 amide bonds. The Morgan fingerprint density at radius 1 is 1.09 bits per heavy atom. The molecule has 4 aromatic rings. The minimum absolute atomic E-state index is 0.0693. The molecule has 4 aromatic heterocycles. The summed E-state index contributed by atoms with van der Waals surface area (Å²) in [5.74, 6) is 1.32. The zero-order valence-corrected chi connectivity index (χ0v) is 19.3. The van der Waals surface area contributed by atoms with Crippen molar-refractivity contribution in [1.82, 2.24) is 34.3 Å². The summed E-state index contributed by atoms with van der Waals surface area (Å²) in [6.45, 7) is 1.78. The van der Waals surface area contributed by atoms with Gasteiger partial charge in [-0.25, -0.2) is 9.67 Å². The maximum atomic E-state index is 11.9. The molecule has 0 atom stereocenters. The molecule has 5 rings (SSSR count). The van der Waals surface area contributed by atoms with Crippen molar-refractivity contribution in [3.63, 3.8) is 0 Å². The molecule has 0 spiro atoms.